The van der Waals surface area contributed by atoms with Crippen LogP contribution in [0.3, 0.4) is 0 Å². The molecule has 8 bridgehead atoms. The average molecular weight is 431 g/mol. The van der Waals surface area contributed by atoms with E-state index < -0.39 is 6.10 Å². The van der Waals surface area contributed by atoms with Crippen LogP contribution in [0.15, 0.2) is 54.6 Å². The second kappa shape index (κ2) is 8.51. The molecular formula is C28H30O4. The van der Waals surface area contributed by atoms with Crippen molar-refractivity contribution in [2.75, 3.05) is 0 Å². The molecule has 1 saturated carbocycles. The molecule has 4 nitrogen and oxygen atoms in total. The summed E-state index contributed by atoms with van der Waals surface area (Å²) in [5, 5.41) is 44.2. The number of aromatic hydroxyl groups is 3. The zero-order valence-electron chi connectivity index (χ0n) is 18.2. The number of phenols is 3. The first-order chi connectivity index (χ1) is 15.5. The van der Waals surface area contributed by atoms with Crippen molar-refractivity contribution in [1.82, 2.24) is 0 Å². The highest BCUT2D eigenvalue weighted by Crippen LogP contribution is 2.39. The first-order valence-corrected chi connectivity index (χ1v) is 11.6. The Morgan fingerprint density at radius 2 is 0.875 bits per heavy atom. The first kappa shape index (κ1) is 20.9. The molecule has 2 aliphatic carbocycles. The van der Waals surface area contributed by atoms with Crippen molar-refractivity contribution in [3.63, 3.8) is 0 Å². The standard InChI is InChI=1S/C28H30O4/c29-25-17-5-1-6-18(25)14-20-8-3-10-22(27(20)31)16-24-12-4-11-23(28(24)32)15-21-9-2-7-19(13-17)26(21)30/h1-3,5-10,23-24,28-32H,4,11-16H2/t23-,24+,28?. The molecule has 4 N–H and O–H groups in total. The van der Waals surface area contributed by atoms with Crippen LogP contribution < -0.4 is 0 Å². The van der Waals surface area contributed by atoms with E-state index in [0.29, 0.717) is 25.7 Å². The lowest BCUT2D eigenvalue weighted by molar-refractivity contribution is 0.0173. The number of fused-ring (bicyclic) bond motifs is 8. The van der Waals surface area contributed by atoms with Crippen molar-refractivity contribution >= 4 is 0 Å². The number of rotatable bonds is 0. The molecule has 4 heteroatoms. The minimum Gasteiger partial charge on any atom is -0.507 e. The summed E-state index contributed by atoms with van der Waals surface area (Å²) in [6.07, 6.45) is 4.49. The van der Waals surface area contributed by atoms with Crippen LogP contribution in [0.1, 0.15) is 52.6 Å². The Morgan fingerprint density at radius 3 is 1.28 bits per heavy atom. The van der Waals surface area contributed by atoms with E-state index in [2.05, 4.69) is 0 Å². The average Bonchev–Trinajstić information content (AvgIpc) is 2.78. The fourth-order valence-corrected chi connectivity index (χ4v) is 5.62. The quantitative estimate of drug-likeness (QED) is 0.411. The van der Waals surface area contributed by atoms with E-state index in [-0.39, 0.29) is 29.1 Å². The monoisotopic (exact) mass is 430 g/mol. The van der Waals surface area contributed by atoms with Crippen LogP contribution in [0.4, 0.5) is 0 Å². The van der Waals surface area contributed by atoms with E-state index in [1.165, 1.54) is 0 Å². The molecule has 0 amide bonds. The highest BCUT2D eigenvalue weighted by molar-refractivity contribution is 5.51. The first-order valence-electron chi connectivity index (χ1n) is 11.6. The Morgan fingerprint density at radius 1 is 0.531 bits per heavy atom. The van der Waals surface area contributed by atoms with Crippen molar-refractivity contribution in [2.24, 2.45) is 11.8 Å². The normalized spacial score (nSPS) is 23.0. The molecule has 0 heterocycles. The maximum Gasteiger partial charge on any atom is 0.122 e. The topological polar surface area (TPSA) is 80.9 Å². The third kappa shape index (κ3) is 3.84. The molecule has 3 atom stereocenters. The Hall–Kier alpha value is -2.98. The smallest absolute Gasteiger partial charge is 0.122 e. The van der Waals surface area contributed by atoms with Gasteiger partial charge in [0.15, 0.2) is 0 Å². The third-order valence-corrected chi connectivity index (χ3v) is 7.45. The molecule has 32 heavy (non-hydrogen) atoms. The van der Waals surface area contributed by atoms with Crippen molar-refractivity contribution in [2.45, 2.75) is 51.0 Å². The lowest BCUT2D eigenvalue weighted by Gasteiger charge is -2.35. The van der Waals surface area contributed by atoms with Gasteiger partial charge in [-0.05, 0) is 70.9 Å². The number of benzene rings is 3. The van der Waals surface area contributed by atoms with E-state index >= 15 is 0 Å². The molecule has 0 radical (unpaired) electrons. The number of phenolic OH excluding ortho intramolecular Hbond substituents is 3. The van der Waals surface area contributed by atoms with Crippen LogP contribution in [0.25, 0.3) is 0 Å². The molecule has 0 aromatic heterocycles. The van der Waals surface area contributed by atoms with Gasteiger partial charge >= 0.3 is 0 Å². The van der Waals surface area contributed by atoms with Gasteiger partial charge in [0.25, 0.3) is 0 Å². The highest BCUT2D eigenvalue weighted by Gasteiger charge is 2.33. The van der Waals surface area contributed by atoms with Gasteiger partial charge in [-0.25, -0.2) is 0 Å². The number of hydrogen-bond donors (Lipinski definition) is 4. The molecule has 0 aliphatic heterocycles. The summed E-state index contributed by atoms with van der Waals surface area (Å²) in [5.41, 5.74) is 4.73. The lowest BCUT2D eigenvalue weighted by Crippen LogP contribution is -2.35. The predicted octanol–water partition coefficient (Wildman–Crippen LogP) is 4.86. The highest BCUT2D eigenvalue weighted by atomic mass is 16.3. The van der Waals surface area contributed by atoms with Crippen molar-refractivity contribution in [3.05, 3.63) is 88.0 Å². The van der Waals surface area contributed by atoms with Crippen LogP contribution in [-0.4, -0.2) is 26.5 Å². The summed E-state index contributed by atoms with van der Waals surface area (Å²) in [5.74, 6) is 0.888. The molecule has 5 rings (SSSR count). The predicted molar refractivity (Wildman–Crippen MR) is 124 cm³/mol. The molecule has 1 fully saturated rings. The van der Waals surface area contributed by atoms with Crippen LogP contribution in [0.5, 0.6) is 17.2 Å². The van der Waals surface area contributed by atoms with Gasteiger partial charge in [0, 0.05) is 12.8 Å². The van der Waals surface area contributed by atoms with E-state index in [1.807, 2.05) is 54.6 Å². The number of aliphatic hydroxyl groups is 1. The Labute approximate surface area is 188 Å². The minimum atomic E-state index is -0.473. The van der Waals surface area contributed by atoms with Gasteiger partial charge in [-0.15, -0.1) is 0 Å². The maximum atomic E-state index is 11.2. The number of hydrogen-bond acceptors (Lipinski definition) is 4. The van der Waals surface area contributed by atoms with Crippen LogP contribution >= 0.6 is 0 Å². The van der Waals surface area contributed by atoms with Gasteiger partial charge in [0.05, 0.1) is 6.10 Å². The summed E-state index contributed by atoms with van der Waals surface area (Å²) in [6, 6.07) is 17.2. The Bertz CT molecular complexity index is 1050. The number of para-hydroxylation sites is 3. The van der Waals surface area contributed by atoms with Gasteiger partial charge in [-0.1, -0.05) is 61.0 Å². The van der Waals surface area contributed by atoms with Crippen LogP contribution in [-0.2, 0) is 25.7 Å². The van der Waals surface area contributed by atoms with Crippen molar-refractivity contribution in [3.8, 4) is 17.2 Å². The summed E-state index contributed by atoms with van der Waals surface area (Å²) >= 11 is 0. The largest absolute Gasteiger partial charge is 0.507 e. The van der Waals surface area contributed by atoms with E-state index in [1.54, 1.807) is 0 Å². The Balaban J connectivity index is 1.63. The summed E-state index contributed by atoms with van der Waals surface area (Å²) in [6.45, 7) is 0. The number of aliphatic hydroxyl groups excluding tert-OH is 1. The molecule has 0 saturated heterocycles. The molecule has 3 aromatic carbocycles. The van der Waals surface area contributed by atoms with Crippen LogP contribution in [0.2, 0.25) is 0 Å². The summed E-state index contributed by atoms with van der Waals surface area (Å²) in [4.78, 5) is 0. The molecule has 3 aromatic rings. The maximum absolute atomic E-state index is 11.2. The van der Waals surface area contributed by atoms with Gasteiger partial charge in [-0.2, -0.15) is 0 Å². The fraction of sp³-hybridized carbons (Fsp3) is 0.357. The van der Waals surface area contributed by atoms with E-state index in [0.717, 1.165) is 52.6 Å². The molecular weight excluding hydrogens is 400 g/mol. The van der Waals surface area contributed by atoms with Gasteiger partial charge in [0.2, 0.25) is 0 Å². The minimum absolute atomic E-state index is 0.0739. The van der Waals surface area contributed by atoms with Crippen LogP contribution in [0, 0.1) is 11.8 Å². The van der Waals surface area contributed by atoms with Gasteiger partial charge in [-0.3, -0.25) is 0 Å². The lowest BCUT2D eigenvalue weighted by atomic mass is 9.73. The molecule has 0 spiro atoms. The second-order valence-electron chi connectivity index (χ2n) is 9.48. The second-order valence-corrected chi connectivity index (χ2v) is 9.48. The molecule has 166 valence electrons. The SMILES string of the molecule is Oc1c2cccc1Cc1cccc(c1O)C[C@@H]1CCC[C@H](Cc3cccc(c3O)C2)C1O. The zero-order valence-corrected chi connectivity index (χ0v) is 18.2. The van der Waals surface area contributed by atoms with Crippen molar-refractivity contribution in [1.29, 1.82) is 0 Å². The zero-order chi connectivity index (χ0) is 22.2. The molecule has 2 aliphatic rings. The van der Waals surface area contributed by atoms with Gasteiger partial charge < -0.3 is 20.4 Å². The van der Waals surface area contributed by atoms with Gasteiger partial charge in [0.1, 0.15) is 17.2 Å². The van der Waals surface area contributed by atoms with E-state index in [4.69, 9.17) is 0 Å². The fourth-order valence-electron chi connectivity index (χ4n) is 5.62. The third-order valence-electron chi connectivity index (χ3n) is 7.45. The summed E-state index contributed by atoms with van der Waals surface area (Å²) in [7, 11) is 0. The van der Waals surface area contributed by atoms with Crippen molar-refractivity contribution < 1.29 is 20.4 Å². The Kier molecular flexibility index (Phi) is 5.56. The molecule has 1 unspecified atom stereocenters. The summed E-state index contributed by atoms with van der Waals surface area (Å²) < 4.78 is 0. The van der Waals surface area contributed by atoms with E-state index in [9.17, 15) is 20.4 Å².